The fourth-order valence-corrected chi connectivity index (χ4v) is 1.04. The van der Waals surface area contributed by atoms with Gasteiger partial charge in [0.1, 0.15) is 0 Å². The quantitative estimate of drug-likeness (QED) is 0.701. The molecule has 1 rings (SSSR count). The van der Waals surface area contributed by atoms with Crippen LogP contribution >= 0.6 is 0 Å². The molecular formula is C11H14N2. The minimum absolute atomic E-state index is 0.373. The molecule has 1 aromatic heterocycles. The van der Waals surface area contributed by atoms with Crippen LogP contribution in [-0.4, -0.2) is 11.0 Å². The van der Waals surface area contributed by atoms with E-state index >= 15 is 0 Å². The van der Waals surface area contributed by atoms with Crippen LogP contribution in [0.15, 0.2) is 24.5 Å². The van der Waals surface area contributed by atoms with Gasteiger partial charge in [0.05, 0.1) is 0 Å². The highest BCUT2D eigenvalue weighted by Gasteiger charge is 1.97. The monoisotopic (exact) mass is 174 g/mol. The van der Waals surface area contributed by atoms with Crippen LogP contribution in [0.4, 0.5) is 0 Å². The van der Waals surface area contributed by atoms with Crippen LogP contribution in [0.3, 0.4) is 0 Å². The SMILES string of the molecule is C#CCC(C)NCc1ccncc1. The Labute approximate surface area is 79.4 Å². The van der Waals surface area contributed by atoms with Gasteiger partial charge in [-0.1, -0.05) is 0 Å². The summed E-state index contributed by atoms with van der Waals surface area (Å²) in [5.74, 6) is 2.63. The molecule has 0 spiro atoms. The Bertz CT molecular complexity index is 274. The van der Waals surface area contributed by atoms with Crippen LogP contribution in [0.2, 0.25) is 0 Å². The third-order valence-corrected chi connectivity index (χ3v) is 1.83. The summed E-state index contributed by atoms with van der Waals surface area (Å²) >= 11 is 0. The Morgan fingerprint density at radius 3 is 2.85 bits per heavy atom. The lowest BCUT2D eigenvalue weighted by Crippen LogP contribution is -2.24. The molecule has 0 saturated carbocycles. The van der Waals surface area contributed by atoms with Crippen molar-refractivity contribution >= 4 is 0 Å². The number of hydrogen-bond donors (Lipinski definition) is 1. The summed E-state index contributed by atoms with van der Waals surface area (Å²) in [5.41, 5.74) is 1.24. The summed E-state index contributed by atoms with van der Waals surface area (Å²) in [6, 6.07) is 4.36. The molecule has 1 unspecified atom stereocenters. The summed E-state index contributed by atoms with van der Waals surface area (Å²) in [6.45, 7) is 2.94. The Balaban J connectivity index is 2.32. The molecule has 1 aromatic rings. The zero-order chi connectivity index (χ0) is 9.52. The fraction of sp³-hybridized carbons (Fsp3) is 0.364. The maximum Gasteiger partial charge on any atom is 0.0271 e. The van der Waals surface area contributed by atoms with Gasteiger partial charge in [0.25, 0.3) is 0 Å². The van der Waals surface area contributed by atoms with Crippen molar-refractivity contribution in [2.45, 2.75) is 25.9 Å². The van der Waals surface area contributed by atoms with Crippen molar-refractivity contribution in [2.75, 3.05) is 0 Å². The highest BCUT2D eigenvalue weighted by atomic mass is 14.9. The third-order valence-electron chi connectivity index (χ3n) is 1.83. The van der Waals surface area contributed by atoms with Gasteiger partial charge in [0.15, 0.2) is 0 Å². The minimum Gasteiger partial charge on any atom is -0.309 e. The van der Waals surface area contributed by atoms with Gasteiger partial charge in [-0.2, -0.15) is 0 Å². The summed E-state index contributed by atoms with van der Waals surface area (Å²) in [7, 11) is 0. The summed E-state index contributed by atoms with van der Waals surface area (Å²) in [5, 5.41) is 3.33. The predicted octanol–water partition coefficient (Wildman–Crippen LogP) is 1.58. The van der Waals surface area contributed by atoms with Crippen molar-refractivity contribution in [3.8, 4) is 12.3 Å². The van der Waals surface area contributed by atoms with Gasteiger partial charge < -0.3 is 5.32 Å². The zero-order valence-corrected chi connectivity index (χ0v) is 7.83. The molecule has 0 aliphatic heterocycles. The van der Waals surface area contributed by atoms with E-state index in [9.17, 15) is 0 Å². The summed E-state index contributed by atoms with van der Waals surface area (Å²) < 4.78 is 0. The number of aromatic nitrogens is 1. The minimum atomic E-state index is 0.373. The molecule has 0 aliphatic rings. The van der Waals surface area contributed by atoms with Crippen LogP contribution in [0.1, 0.15) is 18.9 Å². The van der Waals surface area contributed by atoms with E-state index in [1.54, 1.807) is 12.4 Å². The highest BCUT2D eigenvalue weighted by molar-refractivity contribution is 5.09. The number of hydrogen-bond acceptors (Lipinski definition) is 2. The van der Waals surface area contributed by atoms with Crippen LogP contribution in [0, 0.1) is 12.3 Å². The van der Waals surface area contributed by atoms with Gasteiger partial charge in [-0.15, -0.1) is 12.3 Å². The Hall–Kier alpha value is -1.33. The van der Waals surface area contributed by atoms with E-state index in [1.807, 2.05) is 12.1 Å². The van der Waals surface area contributed by atoms with Gasteiger partial charge in [-0.05, 0) is 24.6 Å². The van der Waals surface area contributed by atoms with Gasteiger partial charge in [0.2, 0.25) is 0 Å². The van der Waals surface area contributed by atoms with Crippen molar-refractivity contribution in [1.29, 1.82) is 0 Å². The first kappa shape index (κ1) is 9.76. The average molecular weight is 174 g/mol. The molecule has 0 aromatic carbocycles. The van der Waals surface area contributed by atoms with Crippen LogP contribution in [-0.2, 0) is 6.54 Å². The van der Waals surface area contributed by atoms with E-state index in [0.717, 1.165) is 13.0 Å². The smallest absolute Gasteiger partial charge is 0.0271 e. The maximum absolute atomic E-state index is 5.20. The van der Waals surface area contributed by atoms with Gasteiger partial charge in [0, 0.05) is 31.4 Å². The van der Waals surface area contributed by atoms with E-state index in [0.29, 0.717) is 6.04 Å². The van der Waals surface area contributed by atoms with Gasteiger partial charge in [-0.25, -0.2) is 0 Å². The van der Waals surface area contributed by atoms with Crippen LogP contribution < -0.4 is 5.32 Å². The molecule has 0 aliphatic carbocycles. The number of nitrogens with zero attached hydrogens (tertiary/aromatic N) is 1. The molecule has 0 bridgehead atoms. The lowest BCUT2D eigenvalue weighted by molar-refractivity contribution is 0.559. The molecule has 1 heterocycles. The number of nitrogens with one attached hydrogen (secondary N) is 1. The normalized spacial score (nSPS) is 12.0. The van der Waals surface area contributed by atoms with E-state index < -0.39 is 0 Å². The molecule has 1 N–H and O–H groups in total. The molecule has 0 amide bonds. The first-order valence-electron chi connectivity index (χ1n) is 4.38. The highest BCUT2D eigenvalue weighted by Crippen LogP contribution is 1.97. The molecule has 0 fully saturated rings. The second kappa shape index (κ2) is 5.34. The lowest BCUT2D eigenvalue weighted by Gasteiger charge is -2.09. The average Bonchev–Trinajstić information content (AvgIpc) is 2.17. The van der Waals surface area contributed by atoms with Gasteiger partial charge >= 0.3 is 0 Å². The first-order chi connectivity index (χ1) is 6.33. The topological polar surface area (TPSA) is 24.9 Å². The molecule has 13 heavy (non-hydrogen) atoms. The zero-order valence-electron chi connectivity index (χ0n) is 7.83. The van der Waals surface area contributed by atoms with E-state index in [1.165, 1.54) is 5.56 Å². The van der Waals surface area contributed by atoms with Crippen LogP contribution in [0.25, 0.3) is 0 Å². The molecule has 2 nitrogen and oxygen atoms in total. The van der Waals surface area contributed by atoms with Crippen molar-refractivity contribution in [3.63, 3.8) is 0 Å². The Morgan fingerprint density at radius 1 is 1.54 bits per heavy atom. The molecule has 1 atom stereocenters. The number of terminal acetylenes is 1. The van der Waals surface area contributed by atoms with E-state index in [-0.39, 0.29) is 0 Å². The molecular weight excluding hydrogens is 160 g/mol. The van der Waals surface area contributed by atoms with Crippen molar-refractivity contribution in [2.24, 2.45) is 0 Å². The van der Waals surface area contributed by atoms with E-state index in [4.69, 9.17) is 6.42 Å². The van der Waals surface area contributed by atoms with Crippen molar-refractivity contribution in [1.82, 2.24) is 10.3 Å². The largest absolute Gasteiger partial charge is 0.309 e. The van der Waals surface area contributed by atoms with Crippen LogP contribution in [0.5, 0.6) is 0 Å². The second-order valence-corrected chi connectivity index (χ2v) is 3.05. The fourth-order valence-electron chi connectivity index (χ4n) is 1.04. The second-order valence-electron chi connectivity index (χ2n) is 3.05. The number of pyridine rings is 1. The number of rotatable bonds is 4. The molecule has 68 valence electrons. The third kappa shape index (κ3) is 3.73. The Kier molecular flexibility index (Phi) is 4.01. The predicted molar refractivity (Wildman–Crippen MR) is 54.0 cm³/mol. The molecule has 0 radical (unpaired) electrons. The van der Waals surface area contributed by atoms with E-state index in [2.05, 4.69) is 23.1 Å². The van der Waals surface area contributed by atoms with Gasteiger partial charge in [-0.3, -0.25) is 4.98 Å². The summed E-state index contributed by atoms with van der Waals surface area (Å²) in [6.07, 6.45) is 9.56. The molecule has 0 saturated heterocycles. The maximum atomic E-state index is 5.20. The first-order valence-corrected chi connectivity index (χ1v) is 4.38. The molecule has 2 heteroatoms. The Morgan fingerprint density at radius 2 is 2.23 bits per heavy atom. The lowest BCUT2D eigenvalue weighted by atomic mass is 10.2. The summed E-state index contributed by atoms with van der Waals surface area (Å²) in [4.78, 5) is 3.95. The van der Waals surface area contributed by atoms with Crippen molar-refractivity contribution < 1.29 is 0 Å². The van der Waals surface area contributed by atoms with Crippen molar-refractivity contribution in [3.05, 3.63) is 30.1 Å². The standard InChI is InChI=1S/C11H14N2/c1-3-4-10(2)13-9-11-5-7-12-8-6-11/h1,5-8,10,13H,4,9H2,2H3.